The third kappa shape index (κ3) is 4.70. The third-order valence-corrected chi connectivity index (χ3v) is 5.91. The van der Waals surface area contributed by atoms with Crippen LogP contribution >= 0.6 is 11.6 Å². The highest BCUT2D eigenvalue weighted by Gasteiger charge is 2.47. The molecule has 184 valence electrons. The summed E-state index contributed by atoms with van der Waals surface area (Å²) in [6.07, 6.45) is -0.327. The van der Waals surface area contributed by atoms with Crippen molar-refractivity contribution < 1.29 is 29.0 Å². The van der Waals surface area contributed by atoms with Crippen LogP contribution in [0.3, 0.4) is 0 Å². The lowest BCUT2D eigenvalue weighted by atomic mass is 9.95. The molecule has 0 bridgehead atoms. The van der Waals surface area contributed by atoms with Crippen LogP contribution in [0.2, 0.25) is 5.02 Å². The Labute approximate surface area is 213 Å². The van der Waals surface area contributed by atoms with E-state index in [1.54, 1.807) is 74.5 Å². The Morgan fingerprint density at radius 1 is 1.00 bits per heavy atom. The summed E-state index contributed by atoms with van der Waals surface area (Å²) in [7, 11) is 1.43. The molecule has 0 radical (unpaired) electrons. The van der Waals surface area contributed by atoms with Gasteiger partial charge in [-0.15, -0.1) is 0 Å². The van der Waals surface area contributed by atoms with Crippen molar-refractivity contribution in [2.75, 3.05) is 12.0 Å². The van der Waals surface area contributed by atoms with Gasteiger partial charge in [0.1, 0.15) is 11.5 Å². The Kier molecular flexibility index (Phi) is 7.12. The fraction of sp³-hybridized carbons (Fsp3) is 0.179. The van der Waals surface area contributed by atoms with E-state index in [9.17, 15) is 19.5 Å². The first-order valence-corrected chi connectivity index (χ1v) is 11.6. The summed E-state index contributed by atoms with van der Waals surface area (Å²) in [6, 6.07) is 18.8. The zero-order chi connectivity index (χ0) is 26.0. The van der Waals surface area contributed by atoms with E-state index in [2.05, 4.69) is 0 Å². The van der Waals surface area contributed by atoms with Crippen LogP contribution in [0.1, 0.15) is 41.4 Å². The molecule has 1 amide bonds. The topological polar surface area (TPSA) is 93.1 Å². The van der Waals surface area contributed by atoms with Crippen LogP contribution in [-0.2, 0) is 14.3 Å². The summed E-state index contributed by atoms with van der Waals surface area (Å²) >= 11 is 6.16. The van der Waals surface area contributed by atoms with Gasteiger partial charge in [0.15, 0.2) is 0 Å². The molecule has 0 aliphatic carbocycles. The maximum Gasteiger partial charge on any atom is 0.338 e. The van der Waals surface area contributed by atoms with Gasteiger partial charge in [0.05, 0.1) is 36.0 Å². The third-order valence-electron chi connectivity index (χ3n) is 5.68. The second kappa shape index (κ2) is 10.3. The molecular formula is C28H24ClNO6. The largest absolute Gasteiger partial charge is 0.507 e. The summed E-state index contributed by atoms with van der Waals surface area (Å²) in [5.41, 5.74) is 1.18. The number of benzene rings is 3. The molecule has 4 rings (SSSR count). The molecule has 36 heavy (non-hydrogen) atoms. The Balaban J connectivity index is 1.92. The van der Waals surface area contributed by atoms with Gasteiger partial charge in [-0.25, -0.2) is 4.79 Å². The van der Waals surface area contributed by atoms with Crippen molar-refractivity contribution in [3.63, 3.8) is 0 Å². The number of nitrogens with zero attached hydrogens (tertiary/aromatic N) is 1. The van der Waals surface area contributed by atoms with Gasteiger partial charge in [0.25, 0.3) is 11.7 Å². The molecule has 0 aromatic heterocycles. The molecule has 1 atom stereocenters. The molecule has 1 heterocycles. The van der Waals surface area contributed by atoms with E-state index in [1.807, 2.05) is 0 Å². The highest BCUT2D eigenvalue weighted by Crippen LogP contribution is 2.43. The normalized spacial score (nSPS) is 16.9. The molecule has 1 aliphatic rings. The predicted octanol–water partition coefficient (Wildman–Crippen LogP) is 5.54. The smallest absolute Gasteiger partial charge is 0.338 e. The Hall–Kier alpha value is -4.10. The Bertz CT molecular complexity index is 1370. The average Bonchev–Trinajstić information content (AvgIpc) is 3.14. The van der Waals surface area contributed by atoms with E-state index in [4.69, 9.17) is 21.1 Å². The molecule has 1 saturated heterocycles. The number of hydrogen-bond donors (Lipinski definition) is 1. The first kappa shape index (κ1) is 25.0. The van der Waals surface area contributed by atoms with Gasteiger partial charge in [-0.1, -0.05) is 48.0 Å². The van der Waals surface area contributed by atoms with Gasteiger partial charge in [-0.2, -0.15) is 0 Å². The number of Topliss-reactive ketones (excluding diaryl/α,β-unsaturated/α-hetero) is 1. The number of carbonyl (C=O) groups excluding carboxylic acids is 3. The second-order valence-corrected chi connectivity index (χ2v) is 8.87. The first-order valence-electron chi connectivity index (χ1n) is 11.2. The van der Waals surface area contributed by atoms with Crippen LogP contribution in [0.15, 0.2) is 78.4 Å². The van der Waals surface area contributed by atoms with Gasteiger partial charge >= 0.3 is 5.97 Å². The van der Waals surface area contributed by atoms with Crippen molar-refractivity contribution in [2.45, 2.75) is 26.0 Å². The van der Waals surface area contributed by atoms with E-state index >= 15 is 0 Å². The van der Waals surface area contributed by atoms with Gasteiger partial charge in [0, 0.05) is 10.7 Å². The minimum Gasteiger partial charge on any atom is -0.507 e. The molecule has 1 fully saturated rings. The Morgan fingerprint density at radius 3 is 2.39 bits per heavy atom. The lowest BCUT2D eigenvalue weighted by molar-refractivity contribution is -0.132. The van der Waals surface area contributed by atoms with Crippen LogP contribution in [0.5, 0.6) is 5.75 Å². The number of methoxy groups -OCH3 is 1. The molecular weight excluding hydrogens is 482 g/mol. The van der Waals surface area contributed by atoms with Crippen molar-refractivity contribution in [3.05, 3.63) is 100 Å². The number of aliphatic hydroxyl groups is 1. The molecule has 0 spiro atoms. The maximum absolute atomic E-state index is 13.4. The first-order chi connectivity index (χ1) is 17.2. The van der Waals surface area contributed by atoms with Gasteiger partial charge in [0.2, 0.25) is 0 Å². The number of ketones is 1. The zero-order valence-corrected chi connectivity index (χ0v) is 20.7. The van der Waals surface area contributed by atoms with Crippen LogP contribution < -0.4 is 9.64 Å². The number of rotatable bonds is 6. The molecule has 1 unspecified atom stereocenters. The van der Waals surface area contributed by atoms with Crippen molar-refractivity contribution >= 4 is 40.7 Å². The molecule has 3 aromatic carbocycles. The quantitative estimate of drug-likeness (QED) is 0.204. The molecule has 1 aliphatic heterocycles. The molecule has 7 nitrogen and oxygen atoms in total. The van der Waals surface area contributed by atoms with E-state index in [0.717, 1.165) is 0 Å². The minimum absolute atomic E-state index is 0.123. The van der Waals surface area contributed by atoms with Crippen LogP contribution in [0, 0.1) is 0 Å². The predicted molar refractivity (Wildman–Crippen MR) is 136 cm³/mol. The SMILES string of the molecule is COc1ccc(Cl)cc1/C(O)=C1\C(=O)C(=O)N(c2cccc(C(=O)OC(C)C)c2)C1c1ccccc1. The number of esters is 1. The van der Waals surface area contributed by atoms with Crippen LogP contribution in [-0.4, -0.2) is 36.0 Å². The highest BCUT2D eigenvalue weighted by molar-refractivity contribution is 6.51. The number of carbonyl (C=O) groups is 3. The number of ether oxygens (including phenoxy) is 2. The Morgan fingerprint density at radius 2 is 1.72 bits per heavy atom. The van der Waals surface area contributed by atoms with Crippen molar-refractivity contribution in [2.24, 2.45) is 0 Å². The lowest BCUT2D eigenvalue weighted by Crippen LogP contribution is -2.29. The molecule has 8 heteroatoms. The zero-order valence-electron chi connectivity index (χ0n) is 19.9. The fourth-order valence-electron chi connectivity index (χ4n) is 4.12. The fourth-order valence-corrected chi connectivity index (χ4v) is 4.30. The maximum atomic E-state index is 13.4. The average molecular weight is 506 g/mol. The van der Waals surface area contributed by atoms with E-state index in [0.29, 0.717) is 16.3 Å². The summed E-state index contributed by atoms with van der Waals surface area (Å²) in [5.74, 6) is -2.41. The molecule has 0 saturated carbocycles. The summed E-state index contributed by atoms with van der Waals surface area (Å²) < 4.78 is 10.6. The number of halogens is 1. The number of anilines is 1. The lowest BCUT2D eigenvalue weighted by Gasteiger charge is -2.26. The molecule has 3 aromatic rings. The van der Waals surface area contributed by atoms with E-state index < -0.39 is 29.5 Å². The number of hydrogen-bond acceptors (Lipinski definition) is 6. The number of amides is 1. The van der Waals surface area contributed by atoms with Gasteiger partial charge in [-0.05, 0) is 55.8 Å². The second-order valence-electron chi connectivity index (χ2n) is 8.43. The van der Waals surface area contributed by atoms with Crippen molar-refractivity contribution in [3.8, 4) is 5.75 Å². The van der Waals surface area contributed by atoms with Gasteiger partial charge in [-0.3, -0.25) is 14.5 Å². The highest BCUT2D eigenvalue weighted by atomic mass is 35.5. The van der Waals surface area contributed by atoms with Crippen molar-refractivity contribution in [1.82, 2.24) is 0 Å². The van der Waals surface area contributed by atoms with E-state index in [1.165, 1.54) is 24.1 Å². The van der Waals surface area contributed by atoms with Crippen LogP contribution in [0.25, 0.3) is 5.76 Å². The van der Waals surface area contributed by atoms with Crippen molar-refractivity contribution in [1.29, 1.82) is 0 Å². The summed E-state index contributed by atoms with van der Waals surface area (Å²) in [4.78, 5) is 40.5. The summed E-state index contributed by atoms with van der Waals surface area (Å²) in [5, 5.41) is 11.7. The summed E-state index contributed by atoms with van der Waals surface area (Å²) in [6.45, 7) is 3.47. The number of aliphatic hydroxyl groups excluding tert-OH is 1. The van der Waals surface area contributed by atoms with E-state index in [-0.39, 0.29) is 28.6 Å². The minimum atomic E-state index is -0.966. The molecule has 1 N–H and O–H groups in total. The van der Waals surface area contributed by atoms with Gasteiger partial charge < -0.3 is 14.6 Å². The van der Waals surface area contributed by atoms with Crippen LogP contribution in [0.4, 0.5) is 5.69 Å². The standard InChI is InChI=1S/C28H24ClNO6/c1-16(2)36-28(34)18-10-7-11-20(14-18)30-24(17-8-5-4-6-9-17)23(26(32)27(30)33)25(31)21-15-19(29)12-13-22(21)35-3/h4-16,24,31H,1-3H3/b25-23+. The monoisotopic (exact) mass is 505 g/mol.